The molecule has 2 aromatic heterocycles. The fraction of sp³-hybridized carbons (Fsp3) is 0.200. The van der Waals surface area contributed by atoms with E-state index in [4.69, 9.17) is 0 Å². The Hall–Kier alpha value is -3.96. The van der Waals surface area contributed by atoms with Crippen molar-refractivity contribution in [3.8, 4) is 5.69 Å². The van der Waals surface area contributed by atoms with Gasteiger partial charge in [0.1, 0.15) is 5.82 Å². The van der Waals surface area contributed by atoms with Gasteiger partial charge in [0.05, 0.1) is 17.4 Å². The molecule has 0 unspecified atom stereocenters. The number of rotatable bonds is 4. The van der Waals surface area contributed by atoms with Crippen molar-refractivity contribution in [3.05, 3.63) is 66.4 Å². The Morgan fingerprint density at radius 2 is 1.88 bits per heavy atom. The number of cyclic esters (lactones) is 1. The van der Waals surface area contributed by atoms with Crippen LogP contribution in [0.5, 0.6) is 0 Å². The number of nitrogens with one attached hydrogen (secondary N) is 1. The summed E-state index contributed by atoms with van der Waals surface area (Å²) >= 11 is 0. The molecule has 0 spiro atoms. The third kappa shape index (κ3) is 3.98. The monoisotopic (exact) mass is 449 g/mol. The molecule has 1 saturated heterocycles. The highest BCUT2D eigenvalue weighted by molar-refractivity contribution is 6.05. The molecule has 2 amide bonds. The summed E-state index contributed by atoms with van der Waals surface area (Å²) in [5, 5.41) is 6.62. The Morgan fingerprint density at radius 3 is 2.53 bits per heavy atom. The summed E-state index contributed by atoms with van der Waals surface area (Å²) in [5.41, 5.74) is 0.495. The summed E-state index contributed by atoms with van der Waals surface area (Å²) < 4.78 is 58.4. The van der Waals surface area contributed by atoms with Gasteiger partial charge in [-0.3, -0.25) is 9.69 Å². The first-order valence-corrected chi connectivity index (χ1v) is 9.29. The fourth-order valence-electron chi connectivity index (χ4n) is 3.24. The summed E-state index contributed by atoms with van der Waals surface area (Å²) in [6.45, 7) is 1.17. The molecule has 0 radical (unpaired) electrons. The number of pyridine rings is 1. The standard InChI is InChI=1S/C20H15F4N5O3/c1-11-16(20(22,23)24)32-19(31)29(11)17-14(3-2-9-25-17)26-18(30)15-8-10-28(27-15)13-6-4-12(21)5-7-13/h2-11,16H,1H3,(H,26,30)/t11-,16+/m0/s1. The number of amides is 2. The van der Waals surface area contributed by atoms with Gasteiger partial charge in [-0.2, -0.15) is 18.3 Å². The van der Waals surface area contributed by atoms with Crippen LogP contribution in [0.15, 0.2) is 54.9 Å². The van der Waals surface area contributed by atoms with Crippen molar-refractivity contribution >= 4 is 23.5 Å². The number of hydrogen-bond acceptors (Lipinski definition) is 5. The zero-order valence-electron chi connectivity index (χ0n) is 16.4. The van der Waals surface area contributed by atoms with Crippen LogP contribution in [0.2, 0.25) is 0 Å². The van der Waals surface area contributed by atoms with Crippen LogP contribution < -0.4 is 10.2 Å². The van der Waals surface area contributed by atoms with Crippen molar-refractivity contribution < 1.29 is 31.9 Å². The second kappa shape index (κ2) is 7.94. The van der Waals surface area contributed by atoms with E-state index in [0.29, 0.717) is 5.69 Å². The maximum absolute atomic E-state index is 13.1. The Morgan fingerprint density at radius 1 is 1.16 bits per heavy atom. The number of carbonyl (C=O) groups excluding carboxylic acids is 2. The first kappa shape index (κ1) is 21.3. The summed E-state index contributed by atoms with van der Waals surface area (Å²) in [6.07, 6.45) is -5.55. The summed E-state index contributed by atoms with van der Waals surface area (Å²) in [4.78, 5) is 29.5. The Balaban J connectivity index is 1.57. The number of hydrogen-bond donors (Lipinski definition) is 1. The molecule has 0 aliphatic carbocycles. The van der Waals surface area contributed by atoms with E-state index in [1.165, 1.54) is 66.5 Å². The van der Waals surface area contributed by atoms with E-state index in [2.05, 4.69) is 20.1 Å². The molecular formula is C20H15F4N5O3. The average molecular weight is 449 g/mol. The maximum atomic E-state index is 13.1. The molecule has 1 aliphatic rings. The summed E-state index contributed by atoms with van der Waals surface area (Å²) in [6, 6.07) is 8.27. The van der Waals surface area contributed by atoms with Crippen molar-refractivity contribution in [1.29, 1.82) is 0 Å². The molecule has 32 heavy (non-hydrogen) atoms. The molecule has 166 valence electrons. The van der Waals surface area contributed by atoms with Crippen LogP contribution in [-0.2, 0) is 4.74 Å². The Labute approximate surface area is 178 Å². The molecule has 12 heteroatoms. The van der Waals surface area contributed by atoms with Crippen LogP contribution in [0.3, 0.4) is 0 Å². The summed E-state index contributed by atoms with van der Waals surface area (Å²) in [5.74, 6) is -1.30. The second-order valence-corrected chi connectivity index (χ2v) is 6.91. The number of aromatic nitrogens is 3. The first-order chi connectivity index (χ1) is 15.1. The normalized spacial score (nSPS) is 18.5. The van der Waals surface area contributed by atoms with E-state index in [-0.39, 0.29) is 17.2 Å². The highest BCUT2D eigenvalue weighted by Crippen LogP contribution is 2.37. The second-order valence-electron chi connectivity index (χ2n) is 6.91. The number of halogens is 4. The van der Waals surface area contributed by atoms with Crippen molar-refractivity contribution in [2.75, 3.05) is 10.2 Å². The van der Waals surface area contributed by atoms with Crippen LogP contribution >= 0.6 is 0 Å². The molecule has 1 aromatic carbocycles. The van der Waals surface area contributed by atoms with Gasteiger partial charge in [0.2, 0.25) is 6.10 Å². The predicted molar refractivity (Wildman–Crippen MR) is 104 cm³/mol. The largest absolute Gasteiger partial charge is 0.434 e. The Bertz CT molecular complexity index is 1160. The van der Waals surface area contributed by atoms with Crippen molar-refractivity contribution in [2.45, 2.75) is 25.2 Å². The predicted octanol–water partition coefficient (Wildman–Crippen LogP) is 3.93. The van der Waals surface area contributed by atoms with Gasteiger partial charge in [-0.25, -0.2) is 18.9 Å². The average Bonchev–Trinajstić information content (AvgIpc) is 3.34. The Kier molecular flexibility index (Phi) is 5.28. The van der Waals surface area contributed by atoms with E-state index in [0.717, 1.165) is 4.90 Å². The molecule has 1 aliphatic heterocycles. The van der Waals surface area contributed by atoms with Gasteiger partial charge < -0.3 is 10.1 Å². The highest BCUT2D eigenvalue weighted by atomic mass is 19.4. The minimum Gasteiger partial charge on any atom is -0.434 e. The lowest BCUT2D eigenvalue weighted by atomic mass is 10.1. The topological polar surface area (TPSA) is 89.4 Å². The smallest absolute Gasteiger partial charge is 0.427 e. The maximum Gasteiger partial charge on any atom is 0.427 e. The number of nitrogens with zero attached hydrogens (tertiary/aromatic N) is 4. The number of benzene rings is 1. The van der Waals surface area contributed by atoms with Crippen molar-refractivity contribution in [1.82, 2.24) is 14.8 Å². The van der Waals surface area contributed by atoms with Crippen LogP contribution in [0.4, 0.5) is 33.9 Å². The molecule has 3 aromatic rings. The number of anilines is 2. The van der Waals surface area contributed by atoms with Gasteiger partial charge >= 0.3 is 12.3 Å². The summed E-state index contributed by atoms with van der Waals surface area (Å²) in [7, 11) is 0. The molecule has 0 bridgehead atoms. The van der Waals surface area contributed by atoms with E-state index in [9.17, 15) is 27.2 Å². The molecule has 4 rings (SSSR count). The lowest BCUT2D eigenvalue weighted by Crippen LogP contribution is -2.41. The van der Waals surface area contributed by atoms with E-state index in [1.54, 1.807) is 0 Å². The van der Waals surface area contributed by atoms with Crippen molar-refractivity contribution in [2.24, 2.45) is 0 Å². The minimum atomic E-state index is -4.75. The number of ether oxygens (including phenoxy) is 1. The fourth-order valence-corrected chi connectivity index (χ4v) is 3.24. The zero-order valence-corrected chi connectivity index (χ0v) is 16.4. The van der Waals surface area contributed by atoms with Gasteiger partial charge in [0.15, 0.2) is 11.5 Å². The van der Waals surface area contributed by atoms with Crippen LogP contribution in [0, 0.1) is 5.82 Å². The zero-order chi connectivity index (χ0) is 23.0. The SMILES string of the molecule is C[C@H]1[C@H](C(F)(F)F)OC(=O)N1c1ncccc1NC(=O)c1ccn(-c2ccc(F)cc2)n1. The van der Waals surface area contributed by atoms with E-state index in [1.807, 2.05) is 0 Å². The van der Waals surface area contributed by atoms with E-state index < -0.39 is 36.1 Å². The van der Waals surface area contributed by atoms with Crippen LogP contribution in [0.1, 0.15) is 17.4 Å². The lowest BCUT2D eigenvalue weighted by Gasteiger charge is -2.22. The van der Waals surface area contributed by atoms with Gasteiger partial charge in [-0.1, -0.05) is 0 Å². The van der Waals surface area contributed by atoms with Gasteiger partial charge in [0.25, 0.3) is 5.91 Å². The van der Waals surface area contributed by atoms with Crippen molar-refractivity contribution in [3.63, 3.8) is 0 Å². The van der Waals surface area contributed by atoms with Crippen LogP contribution in [-0.4, -0.2) is 45.1 Å². The van der Waals surface area contributed by atoms with E-state index >= 15 is 0 Å². The van der Waals surface area contributed by atoms with Gasteiger partial charge in [-0.05, 0) is 49.4 Å². The molecule has 1 N–H and O–H groups in total. The molecule has 2 atom stereocenters. The van der Waals surface area contributed by atoms with Gasteiger partial charge in [0, 0.05) is 12.4 Å². The molecule has 1 fully saturated rings. The van der Waals surface area contributed by atoms with Gasteiger partial charge in [-0.15, -0.1) is 0 Å². The quantitative estimate of drug-likeness (QED) is 0.610. The minimum absolute atomic E-state index is 0.000423. The molecule has 8 nitrogen and oxygen atoms in total. The third-order valence-electron chi connectivity index (χ3n) is 4.77. The lowest BCUT2D eigenvalue weighted by molar-refractivity contribution is -0.198. The number of alkyl halides is 3. The first-order valence-electron chi connectivity index (χ1n) is 9.29. The molecule has 3 heterocycles. The number of carbonyl (C=O) groups is 2. The molecule has 0 saturated carbocycles. The molecular weight excluding hydrogens is 434 g/mol. The third-order valence-corrected chi connectivity index (χ3v) is 4.77. The van der Waals surface area contributed by atoms with Crippen LogP contribution in [0.25, 0.3) is 5.69 Å². The highest BCUT2D eigenvalue weighted by Gasteiger charge is 2.55.